The summed E-state index contributed by atoms with van der Waals surface area (Å²) in [6, 6.07) is 3.33. The van der Waals surface area contributed by atoms with E-state index in [1.54, 1.807) is 13.8 Å². The molecule has 10 heteroatoms. The summed E-state index contributed by atoms with van der Waals surface area (Å²) in [5, 5.41) is 14.4. The molecule has 124 valence electrons. The molecule has 1 amide bonds. The van der Waals surface area contributed by atoms with Crippen LogP contribution in [0.25, 0.3) is 0 Å². The van der Waals surface area contributed by atoms with Gasteiger partial charge in [0.15, 0.2) is 5.82 Å². The van der Waals surface area contributed by atoms with Gasteiger partial charge in [0.25, 0.3) is 5.91 Å². The van der Waals surface area contributed by atoms with Gasteiger partial charge in [-0.05, 0) is 32.0 Å². The van der Waals surface area contributed by atoms with Crippen molar-refractivity contribution in [3.05, 3.63) is 35.4 Å². The summed E-state index contributed by atoms with van der Waals surface area (Å²) < 4.78 is 28.0. The molecule has 0 saturated heterocycles. The Morgan fingerprint density at radius 1 is 1.43 bits per heavy atom. The van der Waals surface area contributed by atoms with E-state index in [4.69, 9.17) is 9.88 Å². The maximum absolute atomic E-state index is 12.4. The van der Waals surface area contributed by atoms with Crippen LogP contribution in [0, 0.1) is 6.92 Å². The summed E-state index contributed by atoms with van der Waals surface area (Å²) in [6.45, 7) is 3.44. The monoisotopic (exact) mass is 339 g/mol. The zero-order valence-corrected chi connectivity index (χ0v) is 13.6. The molecule has 23 heavy (non-hydrogen) atoms. The lowest BCUT2D eigenvalue weighted by atomic mass is 10.1. The Labute approximate surface area is 133 Å². The molecule has 0 aliphatic rings. The molecule has 0 saturated carbocycles. The molecule has 0 bridgehead atoms. The highest BCUT2D eigenvalue weighted by Gasteiger charge is 2.20. The number of benzene rings is 1. The number of hydrogen-bond donors (Lipinski definition) is 3. The first kappa shape index (κ1) is 16.9. The maximum Gasteiger partial charge on any atom is 0.255 e. The molecular weight excluding hydrogens is 322 g/mol. The van der Waals surface area contributed by atoms with E-state index in [2.05, 4.69) is 20.5 Å². The van der Waals surface area contributed by atoms with Crippen LogP contribution < -0.4 is 15.2 Å². The lowest BCUT2D eigenvalue weighted by molar-refractivity contribution is 0.0935. The Balaban J connectivity index is 2.30. The SMILES string of the molecule is COc1ccc(S(N)(=O)=O)cc1C(=O)N[C@@H](C)c1n[nH]c(C)n1. The van der Waals surface area contributed by atoms with Crippen molar-refractivity contribution in [3.63, 3.8) is 0 Å². The Morgan fingerprint density at radius 2 is 2.13 bits per heavy atom. The number of carbonyl (C=O) groups is 1. The molecule has 0 fully saturated rings. The minimum Gasteiger partial charge on any atom is -0.496 e. The van der Waals surface area contributed by atoms with Crippen molar-refractivity contribution in [3.8, 4) is 5.75 Å². The first-order valence-corrected chi connectivity index (χ1v) is 8.17. The van der Waals surface area contributed by atoms with E-state index in [0.29, 0.717) is 11.6 Å². The third-order valence-corrected chi connectivity index (χ3v) is 4.00. The number of aromatic nitrogens is 3. The second-order valence-electron chi connectivity index (χ2n) is 4.88. The van der Waals surface area contributed by atoms with E-state index in [0.717, 1.165) is 0 Å². The second-order valence-corrected chi connectivity index (χ2v) is 6.44. The minimum atomic E-state index is -3.93. The highest BCUT2D eigenvalue weighted by atomic mass is 32.2. The summed E-state index contributed by atoms with van der Waals surface area (Å²) in [7, 11) is -2.55. The molecular formula is C13H17N5O4S. The van der Waals surface area contributed by atoms with Crippen molar-refractivity contribution in [2.45, 2.75) is 24.8 Å². The Hall–Kier alpha value is -2.46. The van der Waals surface area contributed by atoms with Crippen LogP contribution in [0.2, 0.25) is 0 Å². The number of ether oxygens (including phenoxy) is 1. The number of aryl methyl sites for hydroxylation is 1. The van der Waals surface area contributed by atoms with E-state index < -0.39 is 22.0 Å². The van der Waals surface area contributed by atoms with E-state index in [-0.39, 0.29) is 16.2 Å². The van der Waals surface area contributed by atoms with Crippen LogP contribution >= 0.6 is 0 Å². The highest BCUT2D eigenvalue weighted by molar-refractivity contribution is 7.89. The second kappa shape index (κ2) is 6.34. The van der Waals surface area contributed by atoms with E-state index in [9.17, 15) is 13.2 Å². The lowest BCUT2D eigenvalue weighted by Crippen LogP contribution is -2.28. The summed E-state index contributed by atoms with van der Waals surface area (Å²) in [5.41, 5.74) is 0.0538. The fourth-order valence-corrected chi connectivity index (χ4v) is 2.47. The Kier molecular flexibility index (Phi) is 4.66. The number of methoxy groups -OCH3 is 1. The molecule has 0 spiro atoms. The van der Waals surface area contributed by atoms with Crippen LogP contribution in [0.5, 0.6) is 5.75 Å². The number of sulfonamides is 1. The number of amides is 1. The number of nitrogens with zero attached hydrogens (tertiary/aromatic N) is 2. The molecule has 9 nitrogen and oxygen atoms in total. The van der Waals surface area contributed by atoms with E-state index in [1.807, 2.05) is 0 Å². The molecule has 0 radical (unpaired) electrons. The normalized spacial score (nSPS) is 12.7. The molecule has 4 N–H and O–H groups in total. The van der Waals surface area contributed by atoms with Gasteiger partial charge >= 0.3 is 0 Å². The molecule has 2 aromatic rings. The van der Waals surface area contributed by atoms with Gasteiger partial charge in [-0.1, -0.05) is 0 Å². The summed E-state index contributed by atoms with van der Waals surface area (Å²) >= 11 is 0. The quantitative estimate of drug-likeness (QED) is 0.714. The van der Waals surface area contributed by atoms with Gasteiger partial charge in [0.05, 0.1) is 23.6 Å². The zero-order valence-electron chi connectivity index (χ0n) is 12.8. The van der Waals surface area contributed by atoms with Gasteiger partial charge in [-0.2, -0.15) is 5.10 Å². The van der Waals surface area contributed by atoms with Crippen molar-refractivity contribution >= 4 is 15.9 Å². The summed E-state index contributed by atoms with van der Waals surface area (Å²) in [4.78, 5) is 16.4. The Bertz CT molecular complexity index is 831. The van der Waals surface area contributed by atoms with Crippen molar-refractivity contribution in [2.24, 2.45) is 5.14 Å². The van der Waals surface area contributed by atoms with Crippen molar-refractivity contribution in [1.82, 2.24) is 20.5 Å². The van der Waals surface area contributed by atoms with Gasteiger partial charge in [-0.3, -0.25) is 9.89 Å². The van der Waals surface area contributed by atoms with Crippen LogP contribution in [0.4, 0.5) is 0 Å². The number of nitrogens with one attached hydrogen (secondary N) is 2. The number of carbonyl (C=O) groups excluding carboxylic acids is 1. The predicted octanol–water partition coefficient (Wildman–Crippen LogP) is 0.260. The highest BCUT2D eigenvalue weighted by Crippen LogP contribution is 2.22. The number of hydrogen-bond acceptors (Lipinski definition) is 6. The van der Waals surface area contributed by atoms with Crippen molar-refractivity contribution < 1.29 is 17.9 Å². The number of aromatic amines is 1. The van der Waals surface area contributed by atoms with Gasteiger partial charge in [0.2, 0.25) is 10.0 Å². The standard InChI is InChI=1S/C13H17N5O4S/c1-7(12-16-8(2)17-18-12)15-13(19)10-6-9(23(14,20)21)4-5-11(10)22-3/h4-7H,1-3H3,(H,15,19)(H2,14,20,21)(H,16,17,18)/t7-/m0/s1. The number of primary sulfonamides is 1. The van der Waals surface area contributed by atoms with Gasteiger partial charge < -0.3 is 10.1 Å². The lowest BCUT2D eigenvalue weighted by Gasteiger charge is -2.13. The predicted molar refractivity (Wildman–Crippen MR) is 81.4 cm³/mol. The summed E-state index contributed by atoms with van der Waals surface area (Å²) in [5.74, 6) is 0.739. The molecule has 0 aliphatic carbocycles. The molecule has 0 unspecified atom stereocenters. The van der Waals surface area contributed by atoms with E-state index in [1.165, 1.54) is 25.3 Å². The smallest absolute Gasteiger partial charge is 0.255 e. The third kappa shape index (κ3) is 3.85. The topological polar surface area (TPSA) is 140 Å². The molecule has 0 aliphatic heterocycles. The number of nitrogens with two attached hydrogens (primary N) is 1. The fraction of sp³-hybridized carbons (Fsp3) is 0.308. The number of rotatable bonds is 5. The molecule has 1 aromatic carbocycles. The largest absolute Gasteiger partial charge is 0.496 e. The first-order valence-electron chi connectivity index (χ1n) is 6.63. The van der Waals surface area contributed by atoms with Crippen LogP contribution in [-0.2, 0) is 10.0 Å². The molecule has 2 rings (SSSR count). The fourth-order valence-electron chi connectivity index (χ4n) is 1.93. The van der Waals surface area contributed by atoms with Gasteiger partial charge in [0.1, 0.15) is 11.6 Å². The average Bonchev–Trinajstić information content (AvgIpc) is 2.92. The van der Waals surface area contributed by atoms with Crippen LogP contribution in [0.1, 0.15) is 35.0 Å². The molecule has 1 atom stereocenters. The van der Waals surface area contributed by atoms with Crippen LogP contribution in [-0.4, -0.2) is 36.6 Å². The molecule has 1 heterocycles. The zero-order chi connectivity index (χ0) is 17.2. The average molecular weight is 339 g/mol. The van der Waals surface area contributed by atoms with Crippen molar-refractivity contribution in [2.75, 3.05) is 7.11 Å². The first-order chi connectivity index (χ1) is 10.7. The van der Waals surface area contributed by atoms with E-state index >= 15 is 0 Å². The van der Waals surface area contributed by atoms with Crippen molar-refractivity contribution in [1.29, 1.82) is 0 Å². The molecule has 1 aromatic heterocycles. The van der Waals surface area contributed by atoms with Crippen LogP contribution in [0.3, 0.4) is 0 Å². The third-order valence-electron chi connectivity index (χ3n) is 3.09. The Morgan fingerprint density at radius 3 is 2.65 bits per heavy atom. The minimum absolute atomic E-state index is 0.0538. The summed E-state index contributed by atoms with van der Waals surface area (Å²) in [6.07, 6.45) is 0. The maximum atomic E-state index is 12.4. The number of H-pyrrole nitrogens is 1. The van der Waals surface area contributed by atoms with Crippen LogP contribution in [0.15, 0.2) is 23.1 Å². The van der Waals surface area contributed by atoms with Gasteiger partial charge in [0, 0.05) is 0 Å². The van der Waals surface area contributed by atoms with Gasteiger partial charge in [-0.25, -0.2) is 18.5 Å². The van der Waals surface area contributed by atoms with Gasteiger partial charge in [-0.15, -0.1) is 0 Å².